The molecule has 2 nitrogen and oxygen atoms in total. The highest BCUT2D eigenvalue weighted by Gasteiger charge is 2.15. The molecule has 0 saturated carbocycles. The third-order valence-electron chi connectivity index (χ3n) is 1.11. The van der Waals surface area contributed by atoms with E-state index < -0.39 is 0 Å². The number of ether oxygens (including phenoxy) is 1. The Hall–Kier alpha value is 0.300. The van der Waals surface area contributed by atoms with E-state index in [2.05, 4.69) is 29.8 Å². The minimum Gasteiger partial charge on any atom is -0.464 e. The van der Waals surface area contributed by atoms with Gasteiger partial charge in [0.2, 0.25) is 0 Å². The summed E-state index contributed by atoms with van der Waals surface area (Å²) in [7, 11) is 0. The molecule has 0 bridgehead atoms. The molecule has 0 N–H and O–H groups in total. The van der Waals surface area contributed by atoms with E-state index in [-0.39, 0.29) is 10.3 Å². The zero-order valence-corrected chi connectivity index (χ0v) is 11.0. The fourth-order valence-electron chi connectivity index (χ4n) is 0.528. The van der Waals surface area contributed by atoms with E-state index in [9.17, 15) is 4.79 Å². The lowest BCUT2D eigenvalue weighted by atomic mass is 10.2. The van der Waals surface area contributed by atoms with Crippen LogP contribution in [0.25, 0.3) is 0 Å². The second-order valence-electron chi connectivity index (χ2n) is 3.74. The number of hydrogen-bond donors (Lipinski definition) is 0. The van der Waals surface area contributed by atoms with Crippen molar-refractivity contribution in [3.63, 3.8) is 0 Å². The maximum absolute atomic E-state index is 11.1. The Kier molecular flexibility index (Phi) is 6.05. The molecule has 0 aromatic carbocycles. The third-order valence-corrected chi connectivity index (χ3v) is 2.41. The Balaban J connectivity index is 3.53. The molecule has 0 amide bonds. The van der Waals surface area contributed by atoms with Crippen molar-refractivity contribution < 1.29 is 9.53 Å². The average Bonchev–Trinajstić information content (AvgIpc) is 1.95. The number of hydrogen-bond acceptors (Lipinski definition) is 3. The number of carbonyl (C=O) groups is 1. The maximum atomic E-state index is 11.1. The van der Waals surface area contributed by atoms with Crippen LogP contribution in [0.15, 0.2) is 0 Å². The Bertz CT molecular complexity index is 163. The molecule has 0 aliphatic heterocycles. The minimum absolute atomic E-state index is 0.120. The normalized spacial score (nSPS) is 11.8. The number of alkyl halides is 1. The molecule has 0 unspecified atom stereocenters. The highest BCUT2D eigenvalue weighted by atomic mass is 79.9. The number of halogens is 1. The molecule has 4 heteroatoms. The van der Waals surface area contributed by atoms with Gasteiger partial charge in [-0.05, 0) is 19.1 Å². The van der Waals surface area contributed by atoms with Crippen LogP contribution in [-0.4, -0.2) is 27.9 Å². The number of thioether (sulfide) groups is 1. The molecule has 0 aromatic heterocycles. The summed E-state index contributed by atoms with van der Waals surface area (Å²) in [6.07, 6.45) is 0. The van der Waals surface area contributed by atoms with Crippen LogP contribution >= 0.6 is 27.7 Å². The van der Waals surface area contributed by atoms with Crippen molar-refractivity contribution in [3.05, 3.63) is 0 Å². The zero-order chi connectivity index (χ0) is 10.5. The van der Waals surface area contributed by atoms with Gasteiger partial charge in [-0.3, -0.25) is 4.79 Å². The molecule has 0 aromatic rings. The van der Waals surface area contributed by atoms with Crippen LogP contribution in [0, 0.1) is 0 Å². The van der Waals surface area contributed by atoms with E-state index in [0.29, 0.717) is 17.6 Å². The number of carbonyl (C=O) groups excluding carboxylic acids is 1. The van der Waals surface area contributed by atoms with Crippen LogP contribution in [0.3, 0.4) is 0 Å². The minimum atomic E-state index is -0.133. The first-order valence-electron chi connectivity index (χ1n) is 4.27. The van der Waals surface area contributed by atoms with Gasteiger partial charge in [-0.2, -0.15) is 0 Å². The van der Waals surface area contributed by atoms with Crippen molar-refractivity contribution in [2.45, 2.75) is 37.3 Å². The standard InChI is InChI=1S/C9H17BrO2S/c1-7(2)13-5-8(11)12-6-9(3,4)10/h7H,5-6H2,1-4H3. The molecule has 0 radical (unpaired) electrons. The first kappa shape index (κ1) is 13.3. The van der Waals surface area contributed by atoms with Gasteiger partial charge in [0.05, 0.1) is 10.1 Å². The Morgan fingerprint density at radius 1 is 1.54 bits per heavy atom. The fraction of sp³-hybridized carbons (Fsp3) is 0.889. The predicted octanol–water partition coefficient (Wildman–Crippen LogP) is 2.84. The molecule has 13 heavy (non-hydrogen) atoms. The molecular formula is C9H17BrO2S. The van der Waals surface area contributed by atoms with E-state index >= 15 is 0 Å². The van der Waals surface area contributed by atoms with E-state index in [1.807, 2.05) is 13.8 Å². The molecule has 0 aliphatic carbocycles. The lowest BCUT2D eigenvalue weighted by molar-refractivity contribution is -0.140. The van der Waals surface area contributed by atoms with Gasteiger partial charge in [0.25, 0.3) is 0 Å². The van der Waals surface area contributed by atoms with Gasteiger partial charge in [0.15, 0.2) is 0 Å². The number of esters is 1. The summed E-state index contributed by atoms with van der Waals surface area (Å²) in [6.45, 7) is 8.48. The first-order valence-corrected chi connectivity index (χ1v) is 6.11. The van der Waals surface area contributed by atoms with Gasteiger partial charge in [0, 0.05) is 0 Å². The summed E-state index contributed by atoms with van der Waals surface area (Å²) in [6, 6.07) is 0. The predicted molar refractivity (Wildman–Crippen MR) is 61.6 cm³/mol. The quantitative estimate of drug-likeness (QED) is 0.567. The van der Waals surface area contributed by atoms with E-state index in [0.717, 1.165) is 0 Å². The molecular weight excluding hydrogens is 252 g/mol. The van der Waals surface area contributed by atoms with Gasteiger partial charge < -0.3 is 4.74 Å². The fourth-order valence-corrected chi connectivity index (χ4v) is 1.20. The Labute approximate surface area is 92.9 Å². The molecule has 0 aliphatic rings. The van der Waals surface area contributed by atoms with Crippen LogP contribution in [0.5, 0.6) is 0 Å². The highest BCUT2D eigenvalue weighted by Crippen LogP contribution is 2.16. The monoisotopic (exact) mass is 268 g/mol. The smallest absolute Gasteiger partial charge is 0.315 e. The highest BCUT2D eigenvalue weighted by molar-refractivity contribution is 9.10. The van der Waals surface area contributed by atoms with Crippen molar-refractivity contribution in [1.29, 1.82) is 0 Å². The summed E-state index contributed by atoms with van der Waals surface area (Å²) in [4.78, 5) is 11.1. The zero-order valence-electron chi connectivity index (χ0n) is 8.59. The lowest BCUT2D eigenvalue weighted by Crippen LogP contribution is -2.22. The largest absolute Gasteiger partial charge is 0.464 e. The van der Waals surface area contributed by atoms with E-state index in [4.69, 9.17) is 4.74 Å². The lowest BCUT2D eigenvalue weighted by Gasteiger charge is -2.15. The van der Waals surface area contributed by atoms with Crippen molar-refractivity contribution in [2.24, 2.45) is 0 Å². The van der Waals surface area contributed by atoms with Crippen LogP contribution in [0.4, 0.5) is 0 Å². The van der Waals surface area contributed by atoms with Gasteiger partial charge >= 0.3 is 5.97 Å². The number of rotatable bonds is 5. The average molecular weight is 269 g/mol. The molecule has 0 rings (SSSR count). The third kappa shape index (κ3) is 10.2. The van der Waals surface area contributed by atoms with E-state index in [1.54, 1.807) is 11.8 Å². The molecule has 0 heterocycles. The second kappa shape index (κ2) is 5.91. The molecule has 0 saturated heterocycles. The molecule has 0 atom stereocenters. The summed E-state index contributed by atoms with van der Waals surface area (Å²) in [5, 5.41) is 0.476. The maximum Gasteiger partial charge on any atom is 0.315 e. The summed E-state index contributed by atoms with van der Waals surface area (Å²) in [5.74, 6) is 0.312. The molecule has 0 spiro atoms. The summed E-state index contributed by atoms with van der Waals surface area (Å²) < 4.78 is 4.93. The molecule has 78 valence electrons. The van der Waals surface area contributed by atoms with Crippen LogP contribution in [0.2, 0.25) is 0 Å². The van der Waals surface area contributed by atoms with Crippen LogP contribution < -0.4 is 0 Å². The van der Waals surface area contributed by atoms with Gasteiger partial charge in [0.1, 0.15) is 6.61 Å². The van der Waals surface area contributed by atoms with Crippen molar-refractivity contribution >= 4 is 33.7 Å². The second-order valence-corrected chi connectivity index (χ2v) is 7.45. The Morgan fingerprint density at radius 2 is 2.08 bits per heavy atom. The first-order chi connectivity index (χ1) is 5.81. The van der Waals surface area contributed by atoms with Gasteiger partial charge in [-0.1, -0.05) is 29.8 Å². The summed E-state index contributed by atoms with van der Waals surface area (Å²) >= 11 is 5.00. The SMILES string of the molecule is CC(C)SCC(=O)OCC(C)(C)Br. The summed E-state index contributed by atoms with van der Waals surface area (Å²) in [5.41, 5.74) is 0. The molecule has 0 fully saturated rings. The van der Waals surface area contributed by atoms with Crippen molar-refractivity contribution in [3.8, 4) is 0 Å². The van der Waals surface area contributed by atoms with Gasteiger partial charge in [-0.25, -0.2) is 0 Å². The van der Waals surface area contributed by atoms with E-state index in [1.165, 1.54) is 0 Å². The topological polar surface area (TPSA) is 26.3 Å². The van der Waals surface area contributed by atoms with Crippen molar-refractivity contribution in [2.75, 3.05) is 12.4 Å². The van der Waals surface area contributed by atoms with Crippen LogP contribution in [0.1, 0.15) is 27.7 Å². The van der Waals surface area contributed by atoms with Gasteiger partial charge in [-0.15, -0.1) is 11.8 Å². The van der Waals surface area contributed by atoms with Crippen molar-refractivity contribution in [1.82, 2.24) is 0 Å². The Morgan fingerprint density at radius 3 is 2.46 bits per heavy atom. The van der Waals surface area contributed by atoms with Crippen LogP contribution in [-0.2, 0) is 9.53 Å².